The topological polar surface area (TPSA) is 237 Å². The number of allylic oxidation sites excluding steroid dienone is 4. The van der Waals surface area contributed by atoms with Crippen LogP contribution in [0.25, 0.3) is 0 Å². The van der Waals surface area contributed by atoms with Crippen LogP contribution in [-0.2, 0) is 65.4 Å². The Labute approximate surface area is 612 Å². The third-order valence-corrected chi connectivity index (χ3v) is 20.3. The Morgan fingerprint density at radius 3 is 0.820 bits per heavy atom. The SMILES string of the molecule is CCCCCC/C=C\C=C/CCCCCCCC(=O)OC[C@H](COP(=O)(O)OC[C@@H](O)COP(=O)(O)OC[C@@H](COC(=O)CCCCCCCCCC(C)C)OC(=O)CCCCCCCCCCCCCCC)OC(=O)CCCCCCCCCCCCCCCCCCCCCCCC. The summed E-state index contributed by atoms with van der Waals surface area (Å²) in [5.41, 5.74) is 0. The van der Waals surface area contributed by atoms with E-state index in [9.17, 15) is 43.2 Å². The van der Waals surface area contributed by atoms with Crippen LogP contribution in [0.15, 0.2) is 24.3 Å². The highest BCUT2D eigenvalue weighted by molar-refractivity contribution is 7.47. The Morgan fingerprint density at radius 2 is 0.540 bits per heavy atom. The van der Waals surface area contributed by atoms with E-state index >= 15 is 0 Å². The summed E-state index contributed by atoms with van der Waals surface area (Å²) in [6, 6.07) is 0. The van der Waals surface area contributed by atoms with Crippen LogP contribution in [0, 0.1) is 5.92 Å². The smallest absolute Gasteiger partial charge is 0.462 e. The van der Waals surface area contributed by atoms with Gasteiger partial charge in [0.15, 0.2) is 12.2 Å². The van der Waals surface area contributed by atoms with Crippen LogP contribution in [-0.4, -0.2) is 96.7 Å². The first kappa shape index (κ1) is 97.5. The molecule has 0 aliphatic carbocycles. The summed E-state index contributed by atoms with van der Waals surface area (Å²) in [7, 11) is -9.93. The molecule has 0 fully saturated rings. The van der Waals surface area contributed by atoms with Crippen molar-refractivity contribution in [3.8, 4) is 0 Å². The van der Waals surface area contributed by atoms with Crippen LogP contribution in [0.3, 0.4) is 0 Å². The molecule has 0 saturated heterocycles. The molecule has 5 atom stereocenters. The van der Waals surface area contributed by atoms with Gasteiger partial charge in [-0.1, -0.05) is 354 Å². The van der Waals surface area contributed by atoms with E-state index in [1.54, 1.807) is 0 Å². The summed E-state index contributed by atoms with van der Waals surface area (Å²) >= 11 is 0. The average molecular weight is 1460 g/mol. The highest BCUT2D eigenvalue weighted by Gasteiger charge is 2.30. The molecule has 100 heavy (non-hydrogen) atoms. The average Bonchev–Trinajstić information content (AvgIpc) is 0.918. The zero-order valence-corrected chi connectivity index (χ0v) is 66.6. The van der Waals surface area contributed by atoms with E-state index in [1.807, 2.05) is 0 Å². The molecule has 0 aromatic heterocycles. The lowest BCUT2D eigenvalue weighted by atomic mass is 10.0. The Balaban J connectivity index is 5.23. The molecule has 0 heterocycles. The molecule has 590 valence electrons. The Kier molecular flexibility index (Phi) is 71.6. The van der Waals surface area contributed by atoms with Gasteiger partial charge >= 0.3 is 39.5 Å². The summed E-state index contributed by atoms with van der Waals surface area (Å²) in [5.74, 6) is -1.44. The van der Waals surface area contributed by atoms with Crippen molar-refractivity contribution in [1.82, 2.24) is 0 Å². The van der Waals surface area contributed by atoms with Gasteiger partial charge in [0.2, 0.25) is 0 Å². The van der Waals surface area contributed by atoms with Gasteiger partial charge in [-0.3, -0.25) is 37.3 Å². The third kappa shape index (κ3) is 73.8. The first-order valence-electron chi connectivity index (χ1n) is 41.5. The molecule has 0 aliphatic rings. The first-order valence-corrected chi connectivity index (χ1v) is 44.4. The highest BCUT2D eigenvalue weighted by Crippen LogP contribution is 2.45. The molecule has 17 nitrogen and oxygen atoms in total. The third-order valence-electron chi connectivity index (χ3n) is 18.4. The standard InChI is InChI=1S/C81H154O17P2/c1-6-9-12-15-18-21-24-27-29-30-31-32-33-34-35-37-40-43-46-51-57-62-67-81(86)97-76(70-91-78(83)64-59-54-49-44-41-39-36-28-25-22-19-16-13-10-7-2)72-95-99(87,88)93-68-75(82)69-94-100(89,90)96-73-77(71-92-79(84)65-60-55-52-47-48-53-58-63-74(4)5)98-80(85)66-61-56-50-45-42-38-26-23-20-17-14-11-8-3/h22,25,28,36,74-77,82H,6-21,23-24,26-27,29-35,37-73H2,1-5H3,(H,87,88)(H,89,90)/b25-22-,36-28-/t75-,76-,77-/m1/s1. The lowest BCUT2D eigenvalue weighted by Gasteiger charge is -2.21. The number of hydrogen-bond acceptors (Lipinski definition) is 15. The van der Waals surface area contributed by atoms with Gasteiger partial charge in [0.25, 0.3) is 0 Å². The summed E-state index contributed by atoms with van der Waals surface area (Å²) in [6.45, 7) is 7.20. The summed E-state index contributed by atoms with van der Waals surface area (Å²) < 4.78 is 68.6. The molecule has 0 aromatic rings. The molecule has 19 heteroatoms. The van der Waals surface area contributed by atoms with Gasteiger partial charge in [-0.25, -0.2) is 9.13 Å². The van der Waals surface area contributed by atoms with Crippen LogP contribution in [0.4, 0.5) is 0 Å². The van der Waals surface area contributed by atoms with Gasteiger partial charge in [0.05, 0.1) is 26.4 Å². The number of phosphoric ester groups is 2. The van der Waals surface area contributed by atoms with Crippen LogP contribution >= 0.6 is 15.6 Å². The zero-order chi connectivity index (χ0) is 73.4. The van der Waals surface area contributed by atoms with Crippen molar-refractivity contribution < 1.29 is 80.2 Å². The van der Waals surface area contributed by atoms with Crippen LogP contribution in [0.5, 0.6) is 0 Å². The van der Waals surface area contributed by atoms with Crippen molar-refractivity contribution in [1.29, 1.82) is 0 Å². The molecule has 0 rings (SSSR count). The highest BCUT2D eigenvalue weighted by atomic mass is 31.2. The quantitative estimate of drug-likeness (QED) is 0.0169. The number of unbranched alkanes of at least 4 members (excludes halogenated alkanes) is 48. The second-order valence-corrected chi connectivity index (χ2v) is 31.9. The van der Waals surface area contributed by atoms with Crippen molar-refractivity contribution in [3.05, 3.63) is 24.3 Å². The van der Waals surface area contributed by atoms with Crippen molar-refractivity contribution in [2.24, 2.45) is 5.92 Å². The zero-order valence-electron chi connectivity index (χ0n) is 64.8. The molecule has 0 aliphatic heterocycles. The van der Waals surface area contributed by atoms with Crippen LogP contribution in [0.2, 0.25) is 0 Å². The second kappa shape index (κ2) is 73.4. The predicted molar refractivity (Wildman–Crippen MR) is 409 cm³/mol. The number of rotatable bonds is 79. The number of esters is 4. The fraction of sp³-hybridized carbons (Fsp3) is 0.901. The van der Waals surface area contributed by atoms with Gasteiger partial charge < -0.3 is 33.8 Å². The molecule has 0 bridgehead atoms. The maximum absolute atomic E-state index is 13.1. The van der Waals surface area contributed by atoms with Crippen molar-refractivity contribution in [3.63, 3.8) is 0 Å². The summed E-state index contributed by atoms with van der Waals surface area (Å²) in [5, 5.41) is 10.6. The number of carbonyl (C=O) groups is 4. The van der Waals surface area contributed by atoms with E-state index in [0.29, 0.717) is 31.6 Å². The minimum atomic E-state index is -4.97. The monoisotopic (exact) mass is 1460 g/mol. The maximum Gasteiger partial charge on any atom is 0.472 e. The van der Waals surface area contributed by atoms with Crippen LogP contribution in [0.1, 0.15) is 407 Å². The van der Waals surface area contributed by atoms with Crippen LogP contribution < -0.4 is 0 Å². The predicted octanol–water partition coefficient (Wildman–Crippen LogP) is 24.0. The Hall–Kier alpha value is -2.46. The number of ether oxygens (including phenoxy) is 4. The lowest BCUT2D eigenvalue weighted by Crippen LogP contribution is -2.30. The van der Waals surface area contributed by atoms with E-state index < -0.39 is 97.5 Å². The normalized spacial score (nSPS) is 14.0. The lowest BCUT2D eigenvalue weighted by molar-refractivity contribution is -0.161. The van der Waals surface area contributed by atoms with Crippen molar-refractivity contribution >= 4 is 39.5 Å². The molecule has 0 aromatic carbocycles. The van der Waals surface area contributed by atoms with Gasteiger partial charge in [0.1, 0.15) is 19.3 Å². The number of aliphatic hydroxyl groups is 1. The molecule has 0 spiro atoms. The number of aliphatic hydroxyl groups excluding tert-OH is 1. The van der Waals surface area contributed by atoms with Gasteiger partial charge in [-0.2, -0.15) is 0 Å². The maximum atomic E-state index is 13.1. The molecule has 3 N–H and O–H groups in total. The summed E-state index contributed by atoms with van der Waals surface area (Å²) in [4.78, 5) is 72.9. The van der Waals surface area contributed by atoms with Gasteiger partial charge in [0, 0.05) is 25.7 Å². The molecular formula is C81H154O17P2. The Morgan fingerprint density at radius 1 is 0.310 bits per heavy atom. The minimum Gasteiger partial charge on any atom is -0.462 e. The van der Waals surface area contributed by atoms with E-state index in [4.69, 9.17) is 37.0 Å². The van der Waals surface area contributed by atoms with E-state index in [0.717, 1.165) is 116 Å². The van der Waals surface area contributed by atoms with Crippen molar-refractivity contribution in [2.75, 3.05) is 39.6 Å². The number of phosphoric acid groups is 2. The Bertz CT molecular complexity index is 2000. The fourth-order valence-corrected chi connectivity index (χ4v) is 13.6. The van der Waals surface area contributed by atoms with E-state index in [-0.39, 0.29) is 25.7 Å². The summed E-state index contributed by atoms with van der Waals surface area (Å²) in [6.07, 6.45) is 67.6. The molecular weight excluding hydrogens is 1310 g/mol. The molecule has 0 amide bonds. The molecule has 0 radical (unpaired) electrons. The number of hydrogen-bond donors (Lipinski definition) is 3. The molecule has 2 unspecified atom stereocenters. The minimum absolute atomic E-state index is 0.102. The molecule has 0 saturated carbocycles. The first-order chi connectivity index (χ1) is 48.5. The number of carbonyl (C=O) groups excluding carboxylic acids is 4. The fourth-order valence-electron chi connectivity index (χ4n) is 12.0. The van der Waals surface area contributed by atoms with Crippen molar-refractivity contribution in [2.45, 2.75) is 425 Å². The second-order valence-electron chi connectivity index (χ2n) is 29.0. The van der Waals surface area contributed by atoms with E-state index in [2.05, 4.69) is 58.9 Å². The largest absolute Gasteiger partial charge is 0.472 e. The van der Waals surface area contributed by atoms with Gasteiger partial charge in [-0.15, -0.1) is 0 Å². The van der Waals surface area contributed by atoms with E-state index in [1.165, 1.54) is 205 Å². The van der Waals surface area contributed by atoms with Gasteiger partial charge in [-0.05, 0) is 57.3 Å².